The predicted molar refractivity (Wildman–Crippen MR) is 79.8 cm³/mol. The Kier molecular flexibility index (Phi) is 7.18. The zero-order valence-corrected chi connectivity index (χ0v) is 12.5. The minimum absolute atomic E-state index is 0.264. The summed E-state index contributed by atoms with van der Waals surface area (Å²) >= 11 is 0. The van der Waals surface area contributed by atoms with Gasteiger partial charge in [0.1, 0.15) is 18.0 Å². The van der Waals surface area contributed by atoms with Gasteiger partial charge in [-0.25, -0.2) is 9.97 Å². The first-order valence-electron chi connectivity index (χ1n) is 7.12. The Morgan fingerprint density at radius 1 is 1.11 bits per heavy atom. The van der Waals surface area contributed by atoms with E-state index in [0.717, 1.165) is 43.1 Å². The van der Waals surface area contributed by atoms with Gasteiger partial charge in [-0.05, 0) is 26.7 Å². The van der Waals surface area contributed by atoms with Gasteiger partial charge in [0.05, 0.1) is 12.7 Å². The molecule has 0 saturated heterocycles. The second kappa shape index (κ2) is 8.69. The molecule has 19 heavy (non-hydrogen) atoms. The van der Waals surface area contributed by atoms with E-state index in [-0.39, 0.29) is 6.10 Å². The summed E-state index contributed by atoms with van der Waals surface area (Å²) in [7, 11) is 0. The van der Waals surface area contributed by atoms with Crippen molar-refractivity contribution in [1.29, 1.82) is 0 Å². The number of hydrogen-bond donors (Lipinski definition) is 2. The topological polar surface area (TPSA) is 59.1 Å². The second-order valence-electron chi connectivity index (χ2n) is 4.68. The van der Waals surface area contributed by atoms with Crippen molar-refractivity contribution in [1.82, 2.24) is 9.97 Å². The Morgan fingerprint density at radius 3 is 2.26 bits per heavy atom. The summed E-state index contributed by atoms with van der Waals surface area (Å²) in [6.07, 6.45) is 3.85. The third-order valence-electron chi connectivity index (χ3n) is 2.69. The zero-order chi connectivity index (χ0) is 14.1. The van der Waals surface area contributed by atoms with Crippen LogP contribution < -0.4 is 10.6 Å². The van der Waals surface area contributed by atoms with Crippen LogP contribution in [-0.2, 0) is 11.2 Å². The van der Waals surface area contributed by atoms with Gasteiger partial charge in [0.15, 0.2) is 0 Å². The molecule has 0 spiro atoms. The van der Waals surface area contributed by atoms with E-state index in [1.54, 1.807) is 6.33 Å². The Labute approximate surface area is 116 Å². The van der Waals surface area contributed by atoms with Gasteiger partial charge in [-0.15, -0.1) is 0 Å². The fraction of sp³-hybridized carbons (Fsp3) is 0.714. The molecule has 1 aromatic rings. The molecule has 0 aromatic carbocycles. The van der Waals surface area contributed by atoms with Gasteiger partial charge in [-0.3, -0.25) is 0 Å². The fourth-order valence-corrected chi connectivity index (χ4v) is 1.76. The minimum Gasteiger partial charge on any atom is -0.377 e. The van der Waals surface area contributed by atoms with Crippen molar-refractivity contribution in [2.24, 2.45) is 0 Å². The molecule has 2 N–H and O–H groups in total. The molecule has 1 rings (SSSR count). The number of aromatic nitrogens is 2. The molecule has 108 valence electrons. The lowest BCUT2D eigenvalue weighted by molar-refractivity contribution is 0.0870. The molecule has 5 nitrogen and oxygen atoms in total. The Hall–Kier alpha value is -1.36. The molecular formula is C14H26N4O. The average molecular weight is 266 g/mol. The largest absolute Gasteiger partial charge is 0.377 e. The van der Waals surface area contributed by atoms with Crippen LogP contribution in [-0.4, -0.2) is 35.8 Å². The van der Waals surface area contributed by atoms with Gasteiger partial charge in [-0.2, -0.15) is 0 Å². The van der Waals surface area contributed by atoms with Crippen LogP contribution in [0.1, 0.15) is 39.7 Å². The number of nitrogens with zero attached hydrogens (tertiary/aromatic N) is 2. The Balaban J connectivity index is 2.61. The molecule has 0 bridgehead atoms. The van der Waals surface area contributed by atoms with E-state index in [0.29, 0.717) is 6.61 Å². The van der Waals surface area contributed by atoms with Gasteiger partial charge in [0, 0.05) is 18.7 Å². The lowest BCUT2D eigenvalue weighted by atomic mass is 10.2. The maximum atomic E-state index is 5.51. The molecule has 0 saturated carbocycles. The summed E-state index contributed by atoms with van der Waals surface area (Å²) < 4.78 is 5.51. The van der Waals surface area contributed by atoms with Gasteiger partial charge in [-0.1, -0.05) is 13.8 Å². The van der Waals surface area contributed by atoms with Crippen LogP contribution >= 0.6 is 0 Å². The van der Waals surface area contributed by atoms with Crippen LogP contribution in [0, 0.1) is 0 Å². The van der Waals surface area contributed by atoms with Crippen molar-refractivity contribution in [3.05, 3.63) is 11.9 Å². The zero-order valence-electron chi connectivity index (χ0n) is 12.5. The first kappa shape index (κ1) is 15.7. The van der Waals surface area contributed by atoms with E-state index in [4.69, 9.17) is 4.74 Å². The van der Waals surface area contributed by atoms with Crippen molar-refractivity contribution >= 4 is 11.6 Å². The van der Waals surface area contributed by atoms with Gasteiger partial charge in [0.2, 0.25) is 0 Å². The quantitative estimate of drug-likeness (QED) is 0.673. The second-order valence-corrected chi connectivity index (χ2v) is 4.68. The van der Waals surface area contributed by atoms with Crippen molar-refractivity contribution in [3.63, 3.8) is 0 Å². The number of nitrogens with one attached hydrogen (secondary N) is 2. The summed E-state index contributed by atoms with van der Waals surface area (Å²) in [6, 6.07) is 0. The number of rotatable bonds is 9. The Bertz CT molecular complexity index is 368. The highest BCUT2D eigenvalue weighted by molar-refractivity contribution is 5.57. The maximum absolute atomic E-state index is 5.51. The number of hydrogen-bond acceptors (Lipinski definition) is 5. The Morgan fingerprint density at radius 2 is 1.74 bits per heavy atom. The van der Waals surface area contributed by atoms with Gasteiger partial charge >= 0.3 is 0 Å². The molecule has 0 radical (unpaired) electrons. The van der Waals surface area contributed by atoms with Crippen molar-refractivity contribution < 1.29 is 4.74 Å². The molecule has 0 fully saturated rings. The first-order chi connectivity index (χ1) is 9.19. The van der Waals surface area contributed by atoms with E-state index >= 15 is 0 Å². The lowest BCUT2D eigenvalue weighted by Crippen LogP contribution is -2.16. The highest BCUT2D eigenvalue weighted by atomic mass is 16.5. The maximum Gasteiger partial charge on any atom is 0.134 e. The molecule has 0 atom stereocenters. The monoisotopic (exact) mass is 266 g/mol. The third kappa shape index (κ3) is 5.42. The van der Waals surface area contributed by atoms with E-state index in [1.165, 1.54) is 0 Å². The molecule has 1 heterocycles. The highest BCUT2D eigenvalue weighted by Gasteiger charge is 2.08. The molecule has 0 aliphatic heterocycles. The van der Waals surface area contributed by atoms with Gasteiger partial charge in [0.25, 0.3) is 0 Å². The first-order valence-corrected chi connectivity index (χ1v) is 7.12. The number of ether oxygens (including phenoxy) is 1. The SMILES string of the molecule is CCCNc1ncnc(NCCOC(C)C)c1CC. The molecule has 0 aliphatic rings. The smallest absolute Gasteiger partial charge is 0.134 e. The molecule has 0 aliphatic carbocycles. The summed E-state index contributed by atoms with van der Waals surface area (Å²) in [5.41, 5.74) is 1.14. The summed E-state index contributed by atoms with van der Waals surface area (Å²) in [6.45, 7) is 10.7. The summed E-state index contributed by atoms with van der Waals surface area (Å²) in [5, 5.41) is 6.66. The predicted octanol–water partition coefficient (Wildman–Crippen LogP) is 2.70. The van der Waals surface area contributed by atoms with Gasteiger partial charge < -0.3 is 15.4 Å². The molecule has 1 aromatic heterocycles. The number of anilines is 2. The van der Waals surface area contributed by atoms with Crippen molar-refractivity contribution in [3.8, 4) is 0 Å². The molecule has 0 amide bonds. The highest BCUT2D eigenvalue weighted by Crippen LogP contribution is 2.20. The lowest BCUT2D eigenvalue weighted by Gasteiger charge is -2.14. The summed E-state index contributed by atoms with van der Waals surface area (Å²) in [5.74, 6) is 1.84. The molecule has 0 unspecified atom stereocenters. The normalized spacial score (nSPS) is 10.8. The van der Waals surface area contributed by atoms with Crippen LogP contribution in [0.2, 0.25) is 0 Å². The van der Waals surface area contributed by atoms with Crippen molar-refractivity contribution in [2.45, 2.75) is 46.6 Å². The van der Waals surface area contributed by atoms with E-state index in [1.807, 2.05) is 13.8 Å². The van der Waals surface area contributed by atoms with Crippen LogP contribution in [0.25, 0.3) is 0 Å². The minimum atomic E-state index is 0.264. The standard InChI is InChI=1S/C14H26N4O/c1-5-7-15-13-12(6-2)14(18-10-17-13)16-8-9-19-11(3)4/h10-11H,5-9H2,1-4H3,(H2,15,16,17,18). The van der Waals surface area contributed by atoms with E-state index in [2.05, 4.69) is 34.4 Å². The van der Waals surface area contributed by atoms with Crippen LogP contribution in [0.15, 0.2) is 6.33 Å². The van der Waals surface area contributed by atoms with E-state index < -0.39 is 0 Å². The summed E-state index contributed by atoms with van der Waals surface area (Å²) in [4.78, 5) is 8.63. The van der Waals surface area contributed by atoms with Crippen LogP contribution in [0.3, 0.4) is 0 Å². The fourth-order valence-electron chi connectivity index (χ4n) is 1.76. The average Bonchev–Trinajstić information content (AvgIpc) is 2.41. The van der Waals surface area contributed by atoms with Crippen LogP contribution in [0.5, 0.6) is 0 Å². The molecule has 5 heteroatoms. The third-order valence-corrected chi connectivity index (χ3v) is 2.69. The molecular weight excluding hydrogens is 240 g/mol. The van der Waals surface area contributed by atoms with Crippen molar-refractivity contribution in [2.75, 3.05) is 30.3 Å². The van der Waals surface area contributed by atoms with E-state index in [9.17, 15) is 0 Å². The van der Waals surface area contributed by atoms with Crippen LogP contribution in [0.4, 0.5) is 11.6 Å².